The Bertz CT molecular complexity index is 627. The van der Waals surface area contributed by atoms with Crippen LogP contribution in [0.1, 0.15) is 29.6 Å². The highest BCUT2D eigenvalue weighted by Crippen LogP contribution is 2.18. The molecule has 0 spiro atoms. The Morgan fingerprint density at radius 3 is 2.74 bits per heavy atom. The monoisotopic (exact) mass is 257 g/mol. The van der Waals surface area contributed by atoms with E-state index in [1.54, 1.807) is 0 Å². The number of anilines is 1. The molecule has 19 heavy (non-hydrogen) atoms. The van der Waals surface area contributed by atoms with E-state index in [1.807, 2.05) is 42.5 Å². The molecule has 5 heteroatoms. The molecule has 0 unspecified atom stereocenters. The van der Waals surface area contributed by atoms with Crippen LogP contribution in [-0.2, 0) is 27.1 Å². The topological polar surface area (TPSA) is 58.6 Å². The quantitative estimate of drug-likeness (QED) is 0.912. The molecule has 2 aromatic rings. The largest absolute Gasteiger partial charge is 0.378 e. The van der Waals surface area contributed by atoms with Crippen molar-refractivity contribution in [2.75, 3.05) is 5.32 Å². The highest BCUT2D eigenvalue weighted by atomic mass is 15.3. The summed E-state index contributed by atoms with van der Waals surface area (Å²) in [6.07, 6.45) is 2.89. The summed E-state index contributed by atoms with van der Waals surface area (Å²) in [5.41, 5.74) is 5.08. The molecule has 0 aliphatic rings. The van der Waals surface area contributed by atoms with Crippen molar-refractivity contribution in [2.45, 2.75) is 26.8 Å². The minimum absolute atomic E-state index is 0.691. The Morgan fingerprint density at radius 2 is 2.16 bits per heavy atom. The maximum Gasteiger partial charge on any atom is 0.120 e. The molecule has 0 saturated heterocycles. The first-order chi connectivity index (χ1) is 9.06. The molecule has 0 aliphatic carbocycles. The second-order valence-corrected chi connectivity index (χ2v) is 4.68. The average Bonchev–Trinajstić information content (AvgIpc) is 2.89. The molecule has 0 amide bonds. The van der Waals surface area contributed by atoms with Gasteiger partial charge in [0.05, 0.1) is 11.4 Å². The SMILES string of the molecule is CCc1nn(C)cc1NCc1cc(C#N)n(C)c1C. The summed E-state index contributed by atoms with van der Waals surface area (Å²) < 4.78 is 3.74. The second-order valence-electron chi connectivity index (χ2n) is 4.68. The summed E-state index contributed by atoms with van der Waals surface area (Å²) in [6, 6.07) is 4.13. The molecule has 0 aliphatic heterocycles. The van der Waals surface area contributed by atoms with Gasteiger partial charge in [-0.2, -0.15) is 10.4 Å². The molecule has 0 fully saturated rings. The van der Waals surface area contributed by atoms with Crippen LogP contribution in [0.5, 0.6) is 0 Å². The van der Waals surface area contributed by atoms with Crippen molar-refractivity contribution in [3.63, 3.8) is 0 Å². The lowest BCUT2D eigenvalue weighted by Crippen LogP contribution is -2.02. The Hall–Kier alpha value is -2.22. The first kappa shape index (κ1) is 13.2. The molecule has 100 valence electrons. The van der Waals surface area contributed by atoms with Crippen LogP contribution in [0.4, 0.5) is 5.69 Å². The smallest absolute Gasteiger partial charge is 0.120 e. The fraction of sp³-hybridized carbons (Fsp3) is 0.429. The first-order valence-corrected chi connectivity index (χ1v) is 6.38. The van der Waals surface area contributed by atoms with Gasteiger partial charge < -0.3 is 9.88 Å². The Balaban J connectivity index is 2.17. The van der Waals surface area contributed by atoms with E-state index in [2.05, 4.69) is 23.4 Å². The maximum atomic E-state index is 9.02. The van der Waals surface area contributed by atoms with Gasteiger partial charge in [-0.25, -0.2) is 0 Å². The molecule has 1 N–H and O–H groups in total. The Morgan fingerprint density at radius 1 is 1.42 bits per heavy atom. The van der Waals surface area contributed by atoms with Crippen molar-refractivity contribution < 1.29 is 0 Å². The van der Waals surface area contributed by atoms with Crippen molar-refractivity contribution >= 4 is 5.69 Å². The Kier molecular flexibility index (Phi) is 3.61. The standard InChI is InChI=1S/C14H19N5/c1-5-13-14(9-18(3)17-13)16-8-11-6-12(7-15)19(4)10(11)2/h6,9,16H,5,8H2,1-4H3. The number of rotatable bonds is 4. The van der Waals surface area contributed by atoms with E-state index in [9.17, 15) is 0 Å². The number of hydrogen-bond acceptors (Lipinski definition) is 3. The van der Waals surface area contributed by atoms with Crippen LogP contribution in [0.15, 0.2) is 12.3 Å². The third kappa shape index (κ3) is 2.48. The zero-order valence-electron chi connectivity index (χ0n) is 11.9. The average molecular weight is 257 g/mol. The minimum Gasteiger partial charge on any atom is -0.378 e. The van der Waals surface area contributed by atoms with E-state index in [-0.39, 0.29) is 0 Å². The molecule has 0 atom stereocenters. The van der Waals surface area contributed by atoms with Crippen LogP contribution in [0.2, 0.25) is 0 Å². The van der Waals surface area contributed by atoms with Crippen LogP contribution >= 0.6 is 0 Å². The van der Waals surface area contributed by atoms with Gasteiger partial charge in [-0.15, -0.1) is 0 Å². The highest BCUT2D eigenvalue weighted by molar-refractivity contribution is 5.47. The van der Waals surface area contributed by atoms with Crippen molar-refractivity contribution in [3.05, 3.63) is 34.9 Å². The molecule has 0 aromatic carbocycles. The van der Waals surface area contributed by atoms with E-state index in [1.165, 1.54) is 0 Å². The van der Waals surface area contributed by atoms with E-state index in [0.29, 0.717) is 12.2 Å². The van der Waals surface area contributed by atoms with Crippen molar-refractivity contribution in [1.82, 2.24) is 14.3 Å². The van der Waals surface area contributed by atoms with Gasteiger partial charge >= 0.3 is 0 Å². The predicted octanol–water partition coefficient (Wildman–Crippen LogP) is 2.11. The van der Waals surface area contributed by atoms with Crippen molar-refractivity contribution in [2.24, 2.45) is 14.1 Å². The van der Waals surface area contributed by atoms with Crippen LogP contribution in [0.25, 0.3) is 0 Å². The van der Waals surface area contributed by atoms with Gasteiger partial charge in [0.2, 0.25) is 0 Å². The fourth-order valence-electron chi connectivity index (χ4n) is 2.18. The van der Waals surface area contributed by atoms with Crippen LogP contribution in [-0.4, -0.2) is 14.3 Å². The molecule has 0 radical (unpaired) electrons. The summed E-state index contributed by atoms with van der Waals surface area (Å²) in [5, 5.41) is 16.8. The Labute approximate surface area is 113 Å². The first-order valence-electron chi connectivity index (χ1n) is 6.38. The van der Waals surface area contributed by atoms with Gasteiger partial charge in [0.25, 0.3) is 0 Å². The van der Waals surface area contributed by atoms with Crippen molar-refractivity contribution in [1.29, 1.82) is 5.26 Å². The van der Waals surface area contributed by atoms with E-state index in [4.69, 9.17) is 5.26 Å². The van der Waals surface area contributed by atoms with Crippen LogP contribution < -0.4 is 5.32 Å². The molecular weight excluding hydrogens is 238 g/mol. The number of nitrogens with zero attached hydrogens (tertiary/aromatic N) is 4. The lowest BCUT2D eigenvalue weighted by atomic mass is 10.2. The maximum absolute atomic E-state index is 9.02. The highest BCUT2D eigenvalue weighted by Gasteiger charge is 2.10. The molecule has 0 saturated carbocycles. The third-order valence-electron chi connectivity index (χ3n) is 3.46. The second kappa shape index (κ2) is 5.19. The number of aryl methyl sites for hydroxylation is 2. The molecule has 2 aromatic heterocycles. The summed E-state index contributed by atoms with van der Waals surface area (Å²) in [5.74, 6) is 0. The predicted molar refractivity (Wildman–Crippen MR) is 74.8 cm³/mol. The van der Waals surface area contributed by atoms with Crippen molar-refractivity contribution in [3.8, 4) is 6.07 Å². The summed E-state index contributed by atoms with van der Waals surface area (Å²) in [4.78, 5) is 0. The molecule has 2 heterocycles. The van der Waals surface area contributed by atoms with Crippen LogP contribution in [0, 0.1) is 18.3 Å². The molecule has 5 nitrogen and oxygen atoms in total. The molecular formula is C14H19N5. The summed E-state index contributed by atoms with van der Waals surface area (Å²) in [6.45, 7) is 4.83. The molecule has 2 rings (SSSR count). The van der Waals surface area contributed by atoms with Gasteiger partial charge in [-0.05, 0) is 25.0 Å². The number of aromatic nitrogens is 3. The zero-order valence-corrected chi connectivity index (χ0v) is 11.9. The minimum atomic E-state index is 0.691. The third-order valence-corrected chi connectivity index (χ3v) is 3.46. The van der Waals surface area contributed by atoms with Crippen LogP contribution in [0.3, 0.4) is 0 Å². The van der Waals surface area contributed by atoms with Gasteiger partial charge in [-0.1, -0.05) is 6.92 Å². The summed E-state index contributed by atoms with van der Waals surface area (Å²) in [7, 11) is 3.84. The lowest BCUT2D eigenvalue weighted by molar-refractivity contribution is 0.746. The summed E-state index contributed by atoms with van der Waals surface area (Å²) >= 11 is 0. The zero-order chi connectivity index (χ0) is 14.0. The number of nitrogens with one attached hydrogen (secondary N) is 1. The fourth-order valence-corrected chi connectivity index (χ4v) is 2.18. The number of nitriles is 1. The van der Waals surface area contributed by atoms with E-state index < -0.39 is 0 Å². The molecule has 0 bridgehead atoms. The normalized spacial score (nSPS) is 10.5. The van der Waals surface area contributed by atoms with E-state index in [0.717, 1.165) is 29.1 Å². The number of hydrogen-bond donors (Lipinski definition) is 1. The van der Waals surface area contributed by atoms with Gasteiger partial charge in [0.1, 0.15) is 11.8 Å². The van der Waals surface area contributed by atoms with Gasteiger partial charge in [0, 0.05) is 32.5 Å². The van der Waals surface area contributed by atoms with Gasteiger partial charge in [0.15, 0.2) is 0 Å². The van der Waals surface area contributed by atoms with Gasteiger partial charge in [-0.3, -0.25) is 4.68 Å². The lowest BCUT2D eigenvalue weighted by Gasteiger charge is -2.06. The van der Waals surface area contributed by atoms with E-state index >= 15 is 0 Å².